The largest absolute Gasteiger partial charge is 0.508 e. The minimum Gasteiger partial charge on any atom is -0.508 e. The molecule has 0 atom stereocenters. The summed E-state index contributed by atoms with van der Waals surface area (Å²) in [5.74, 6) is 0.384. The fourth-order valence-electron chi connectivity index (χ4n) is 0.719. The van der Waals surface area contributed by atoms with E-state index in [1.807, 2.05) is 26.0 Å². The summed E-state index contributed by atoms with van der Waals surface area (Å²) in [6, 6.07) is 5.65. The number of hydrogen-bond acceptors (Lipinski definition) is 2. The molecule has 0 aromatic heterocycles. The average Bonchev–Trinajstić information content (AvgIpc) is 2.02. The van der Waals surface area contributed by atoms with Crippen molar-refractivity contribution in [2.45, 2.75) is 21.3 Å². The number of phenols is 1. The topological polar surface area (TPSA) is 40.5 Å². The third-order valence-corrected chi connectivity index (χ3v) is 1.36. The van der Waals surface area contributed by atoms with Crippen LogP contribution in [-0.2, 0) is 0 Å². The summed E-state index contributed by atoms with van der Waals surface area (Å²) in [6.07, 6.45) is 0. The zero-order valence-corrected chi connectivity index (χ0v) is 7.13. The summed E-state index contributed by atoms with van der Waals surface area (Å²) in [6.45, 7) is 3.84. The standard InChI is InChI=1S/C8H10O.CH4O.CH4/c1-6-3-4-7(2)8(9)5-6;1-2;/h3-5,9H,1-2H3;2H,1H3;1H4. The maximum Gasteiger partial charge on any atom is 0.118 e. The van der Waals surface area contributed by atoms with E-state index in [0.717, 1.165) is 18.2 Å². The lowest BCUT2D eigenvalue weighted by Crippen LogP contribution is -1.74. The SMILES string of the molecule is C.CO.Cc1ccc(C)c(O)c1. The minimum absolute atomic E-state index is 0. The van der Waals surface area contributed by atoms with E-state index < -0.39 is 0 Å². The number of aliphatic hydroxyl groups is 1. The number of aryl methyl sites for hydroxylation is 2. The Labute approximate surface area is 74.5 Å². The van der Waals surface area contributed by atoms with E-state index in [1.165, 1.54) is 0 Å². The van der Waals surface area contributed by atoms with Crippen molar-refractivity contribution < 1.29 is 10.2 Å². The Hall–Kier alpha value is -1.02. The van der Waals surface area contributed by atoms with Crippen LogP contribution in [0.25, 0.3) is 0 Å². The predicted octanol–water partition coefficient (Wildman–Crippen LogP) is 2.25. The molecule has 2 heteroatoms. The molecule has 0 unspecified atom stereocenters. The van der Waals surface area contributed by atoms with Crippen LogP contribution in [0.4, 0.5) is 0 Å². The highest BCUT2D eigenvalue weighted by molar-refractivity contribution is 5.34. The van der Waals surface area contributed by atoms with Crippen LogP contribution in [0.15, 0.2) is 18.2 Å². The van der Waals surface area contributed by atoms with Gasteiger partial charge in [-0.15, -0.1) is 0 Å². The van der Waals surface area contributed by atoms with E-state index in [9.17, 15) is 0 Å². The highest BCUT2D eigenvalue weighted by Crippen LogP contribution is 2.15. The molecule has 0 spiro atoms. The normalized spacial score (nSPS) is 7.67. The lowest BCUT2D eigenvalue weighted by molar-refractivity contribution is 0.399. The molecule has 0 saturated carbocycles. The van der Waals surface area contributed by atoms with Crippen molar-refractivity contribution in [3.8, 4) is 5.75 Å². The molecule has 70 valence electrons. The molecule has 0 aliphatic rings. The summed E-state index contributed by atoms with van der Waals surface area (Å²) in [5.41, 5.74) is 2.03. The van der Waals surface area contributed by atoms with Gasteiger partial charge in [0, 0.05) is 7.11 Å². The van der Waals surface area contributed by atoms with Crippen LogP contribution in [0, 0.1) is 13.8 Å². The summed E-state index contributed by atoms with van der Waals surface area (Å²) in [4.78, 5) is 0. The zero-order valence-electron chi connectivity index (χ0n) is 7.13. The van der Waals surface area contributed by atoms with Crippen LogP contribution in [0.3, 0.4) is 0 Å². The van der Waals surface area contributed by atoms with Crippen molar-refractivity contribution in [1.29, 1.82) is 0 Å². The second-order valence-corrected chi connectivity index (χ2v) is 2.29. The molecule has 2 nitrogen and oxygen atoms in total. The van der Waals surface area contributed by atoms with E-state index in [4.69, 9.17) is 10.2 Å². The lowest BCUT2D eigenvalue weighted by Gasteiger charge is -1.97. The molecule has 0 aliphatic heterocycles. The second kappa shape index (κ2) is 6.68. The Kier molecular flexibility index (Phi) is 7.54. The van der Waals surface area contributed by atoms with Gasteiger partial charge in [-0.05, 0) is 31.0 Å². The maximum absolute atomic E-state index is 9.10. The summed E-state index contributed by atoms with van der Waals surface area (Å²) >= 11 is 0. The molecule has 1 aromatic rings. The van der Waals surface area contributed by atoms with Gasteiger partial charge in [-0.2, -0.15) is 0 Å². The molecule has 0 aliphatic carbocycles. The predicted molar refractivity (Wildman–Crippen MR) is 52.5 cm³/mol. The van der Waals surface area contributed by atoms with Crippen LogP contribution in [-0.4, -0.2) is 17.3 Å². The van der Waals surface area contributed by atoms with E-state index in [2.05, 4.69) is 0 Å². The van der Waals surface area contributed by atoms with Crippen molar-refractivity contribution >= 4 is 0 Å². The summed E-state index contributed by atoms with van der Waals surface area (Å²) in [5, 5.41) is 16.1. The highest BCUT2D eigenvalue weighted by Gasteiger charge is 1.91. The van der Waals surface area contributed by atoms with Crippen LogP contribution in [0.1, 0.15) is 18.6 Å². The van der Waals surface area contributed by atoms with Crippen molar-refractivity contribution in [3.05, 3.63) is 29.3 Å². The maximum atomic E-state index is 9.10. The molecule has 1 aromatic carbocycles. The average molecular weight is 170 g/mol. The number of benzene rings is 1. The Morgan fingerprint density at radius 1 is 1.08 bits per heavy atom. The molecule has 0 fully saturated rings. The number of phenolic OH excluding ortho intramolecular Hbond substituents is 1. The number of aliphatic hydroxyl groups excluding tert-OH is 1. The minimum atomic E-state index is 0. The smallest absolute Gasteiger partial charge is 0.118 e. The van der Waals surface area contributed by atoms with Gasteiger partial charge in [-0.25, -0.2) is 0 Å². The Morgan fingerprint density at radius 3 is 1.92 bits per heavy atom. The van der Waals surface area contributed by atoms with Crippen LogP contribution < -0.4 is 0 Å². The summed E-state index contributed by atoms with van der Waals surface area (Å²) < 4.78 is 0. The van der Waals surface area contributed by atoms with E-state index in [-0.39, 0.29) is 7.43 Å². The monoisotopic (exact) mass is 170 g/mol. The fourth-order valence-corrected chi connectivity index (χ4v) is 0.719. The first-order valence-electron chi connectivity index (χ1n) is 3.41. The van der Waals surface area contributed by atoms with Crippen LogP contribution >= 0.6 is 0 Å². The first-order valence-corrected chi connectivity index (χ1v) is 3.41. The van der Waals surface area contributed by atoms with Gasteiger partial charge in [0.1, 0.15) is 5.75 Å². The van der Waals surface area contributed by atoms with Crippen LogP contribution in [0.2, 0.25) is 0 Å². The first kappa shape index (κ1) is 13.6. The van der Waals surface area contributed by atoms with Crippen molar-refractivity contribution in [2.75, 3.05) is 7.11 Å². The second-order valence-electron chi connectivity index (χ2n) is 2.29. The molecule has 0 bridgehead atoms. The van der Waals surface area contributed by atoms with Gasteiger partial charge in [0.2, 0.25) is 0 Å². The van der Waals surface area contributed by atoms with Crippen LogP contribution in [0.5, 0.6) is 5.75 Å². The number of aromatic hydroxyl groups is 1. The van der Waals surface area contributed by atoms with Gasteiger partial charge in [0.25, 0.3) is 0 Å². The van der Waals surface area contributed by atoms with Gasteiger partial charge in [0.05, 0.1) is 0 Å². The molecule has 0 heterocycles. The Morgan fingerprint density at radius 2 is 1.58 bits per heavy atom. The Bertz CT molecular complexity index is 219. The van der Waals surface area contributed by atoms with Gasteiger partial charge in [-0.1, -0.05) is 19.6 Å². The van der Waals surface area contributed by atoms with Crippen molar-refractivity contribution in [3.63, 3.8) is 0 Å². The third-order valence-electron chi connectivity index (χ3n) is 1.36. The molecule has 12 heavy (non-hydrogen) atoms. The summed E-state index contributed by atoms with van der Waals surface area (Å²) in [7, 11) is 1.00. The molecule has 1 rings (SSSR count). The molecule has 0 amide bonds. The van der Waals surface area contributed by atoms with E-state index >= 15 is 0 Å². The number of hydrogen-bond donors (Lipinski definition) is 2. The van der Waals surface area contributed by atoms with Gasteiger partial charge in [-0.3, -0.25) is 0 Å². The van der Waals surface area contributed by atoms with E-state index in [1.54, 1.807) is 6.07 Å². The molecule has 2 N–H and O–H groups in total. The van der Waals surface area contributed by atoms with Crippen molar-refractivity contribution in [2.24, 2.45) is 0 Å². The van der Waals surface area contributed by atoms with Crippen molar-refractivity contribution in [1.82, 2.24) is 0 Å². The molecular formula is C10H18O2. The highest BCUT2D eigenvalue weighted by atomic mass is 16.3. The molecule has 0 radical (unpaired) electrons. The Balaban J connectivity index is 0. The third kappa shape index (κ3) is 3.98. The first-order chi connectivity index (χ1) is 5.20. The van der Waals surface area contributed by atoms with E-state index in [0.29, 0.717) is 5.75 Å². The molecule has 0 saturated heterocycles. The van der Waals surface area contributed by atoms with Gasteiger partial charge >= 0.3 is 0 Å². The number of rotatable bonds is 0. The fraction of sp³-hybridized carbons (Fsp3) is 0.400. The zero-order chi connectivity index (χ0) is 8.85. The van der Waals surface area contributed by atoms with Gasteiger partial charge < -0.3 is 10.2 Å². The lowest BCUT2D eigenvalue weighted by atomic mass is 10.1. The van der Waals surface area contributed by atoms with Gasteiger partial charge in [0.15, 0.2) is 0 Å². The quantitative estimate of drug-likeness (QED) is 0.627. The molecular weight excluding hydrogens is 152 g/mol.